The van der Waals surface area contributed by atoms with Crippen molar-refractivity contribution in [3.63, 3.8) is 0 Å². The van der Waals surface area contributed by atoms with Crippen LogP contribution in [0.5, 0.6) is 11.5 Å². The maximum absolute atomic E-state index is 12.1. The number of hydrogen-bond acceptors (Lipinski definition) is 4. The van der Waals surface area contributed by atoms with Crippen molar-refractivity contribution in [2.24, 2.45) is 0 Å². The van der Waals surface area contributed by atoms with Gasteiger partial charge in [0.1, 0.15) is 0 Å². The Hall–Kier alpha value is -2.53. The van der Waals surface area contributed by atoms with Crippen molar-refractivity contribution >= 4 is 5.91 Å². The molecule has 0 unspecified atom stereocenters. The lowest BCUT2D eigenvalue weighted by Crippen LogP contribution is -2.25. The van der Waals surface area contributed by atoms with Gasteiger partial charge in [-0.15, -0.1) is 0 Å². The summed E-state index contributed by atoms with van der Waals surface area (Å²) in [5.74, 6) is 1.17. The topological polar surface area (TPSA) is 56.8 Å². The zero-order valence-corrected chi connectivity index (χ0v) is 13.7. The molecule has 0 fully saturated rings. The molecule has 0 aromatic heterocycles. The Morgan fingerprint density at radius 2 is 1.96 bits per heavy atom. The molecule has 1 aliphatic heterocycles. The second kappa shape index (κ2) is 7.84. The fourth-order valence-corrected chi connectivity index (χ4v) is 2.49. The summed E-state index contributed by atoms with van der Waals surface area (Å²) in [6, 6.07) is 15.3. The maximum atomic E-state index is 12.1. The lowest BCUT2D eigenvalue weighted by atomic mass is 10.1. The normalized spacial score (nSPS) is 13.5. The predicted octanol–water partition coefficient (Wildman–Crippen LogP) is 3.31. The molecule has 0 spiro atoms. The summed E-state index contributed by atoms with van der Waals surface area (Å²) >= 11 is 0. The quantitative estimate of drug-likeness (QED) is 0.793. The third kappa shape index (κ3) is 4.06. The van der Waals surface area contributed by atoms with E-state index < -0.39 is 0 Å². The Morgan fingerprint density at radius 1 is 1.17 bits per heavy atom. The van der Waals surface area contributed by atoms with Gasteiger partial charge >= 0.3 is 0 Å². The van der Waals surface area contributed by atoms with Crippen LogP contribution in [0.15, 0.2) is 48.5 Å². The molecule has 1 N–H and O–H groups in total. The van der Waals surface area contributed by atoms with Gasteiger partial charge in [-0.2, -0.15) is 0 Å². The first-order chi connectivity index (χ1) is 11.7. The highest BCUT2D eigenvalue weighted by Crippen LogP contribution is 2.32. The monoisotopic (exact) mass is 327 g/mol. The van der Waals surface area contributed by atoms with Crippen molar-refractivity contribution in [3.05, 3.63) is 59.7 Å². The number of ether oxygens (including phenoxy) is 3. The average Bonchev–Trinajstić information content (AvgIpc) is 3.09. The molecule has 2 aromatic rings. The van der Waals surface area contributed by atoms with E-state index in [2.05, 4.69) is 5.32 Å². The molecule has 1 aliphatic rings. The number of carbonyl (C=O) groups excluding carboxylic acids is 1. The molecule has 1 atom stereocenters. The number of carbonyl (C=O) groups is 1. The van der Waals surface area contributed by atoms with E-state index in [-0.39, 0.29) is 18.8 Å². The average molecular weight is 327 g/mol. The number of fused-ring (bicyclic) bond motifs is 1. The van der Waals surface area contributed by atoms with Gasteiger partial charge in [-0.25, -0.2) is 0 Å². The first kappa shape index (κ1) is 16.3. The van der Waals surface area contributed by atoms with Gasteiger partial charge in [-0.1, -0.05) is 30.3 Å². The molecule has 1 amide bonds. The van der Waals surface area contributed by atoms with Gasteiger partial charge in [0.2, 0.25) is 6.79 Å². The standard InChI is InChI=1S/C19H21NO4/c1-14(15-6-3-2-4-7-15)22-11-5-10-20-19(21)16-8-9-17-18(12-16)24-13-23-17/h2-4,6-9,12,14H,5,10-11,13H2,1H3,(H,20,21)/t14-/m0/s1. The highest BCUT2D eigenvalue weighted by atomic mass is 16.7. The van der Waals surface area contributed by atoms with Crippen molar-refractivity contribution in [2.45, 2.75) is 19.4 Å². The molecule has 0 bridgehead atoms. The molecule has 0 aliphatic carbocycles. The zero-order valence-electron chi connectivity index (χ0n) is 13.7. The number of rotatable bonds is 7. The summed E-state index contributed by atoms with van der Waals surface area (Å²) in [7, 11) is 0. The fraction of sp³-hybridized carbons (Fsp3) is 0.316. The minimum Gasteiger partial charge on any atom is -0.454 e. The van der Waals surface area contributed by atoms with Gasteiger partial charge in [-0.05, 0) is 37.1 Å². The van der Waals surface area contributed by atoms with Gasteiger partial charge < -0.3 is 19.5 Å². The highest BCUT2D eigenvalue weighted by molar-refractivity contribution is 5.94. The molecular formula is C19H21NO4. The van der Waals surface area contributed by atoms with E-state index in [0.717, 1.165) is 12.0 Å². The number of hydrogen-bond donors (Lipinski definition) is 1. The molecule has 24 heavy (non-hydrogen) atoms. The number of nitrogens with one attached hydrogen (secondary N) is 1. The van der Waals surface area contributed by atoms with E-state index in [1.807, 2.05) is 37.3 Å². The second-order valence-corrected chi connectivity index (χ2v) is 5.60. The van der Waals surface area contributed by atoms with E-state index >= 15 is 0 Å². The minimum absolute atomic E-state index is 0.0516. The molecule has 5 nitrogen and oxygen atoms in total. The Labute approximate surface area is 141 Å². The van der Waals surface area contributed by atoms with E-state index in [4.69, 9.17) is 14.2 Å². The SMILES string of the molecule is C[C@H](OCCCNC(=O)c1ccc2c(c1)OCO2)c1ccccc1. The lowest BCUT2D eigenvalue weighted by Gasteiger charge is -2.13. The first-order valence-corrected chi connectivity index (χ1v) is 8.08. The summed E-state index contributed by atoms with van der Waals surface area (Å²) in [6.07, 6.45) is 0.809. The van der Waals surface area contributed by atoms with E-state index in [1.54, 1.807) is 18.2 Å². The number of benzene rings is 2. The zero-order chi connectivity index (χ0) is 16.8. The van der Waals surface area contributed by atoms with Gasteiger partial charge in [0, 0.05) is 18.7 Å². The summed E-state index contributed by atoms with van der Waals surface area (Å²) in [4.78, 5) is 12.1. The molecular weight excluding hydrogens is 306 g/mol. The van der Waals surface area contributed by atoms with Gasteiger partial charge in [0.15, 0.2) is 11.5 Å². The van der Waals surface area contributed by atoms with Gasteiger partial charge in [0.05, 0.1) is 6.10 Å². The third-order valence-electron chi connectivity index (χ3n) is 3.88. The molecule has 2 aromatic carbocycles. The summed E-state index contributed by atoms with van der Waals surface area (Å²) < 4.78 is 16.3. The maximum Gasteiger partial charge on any atom is 0.251 e. The fourth-order valence-electron chi connectivity index (χ4n) is 2.49. The Kier molecular flexibility index (Phi) is 5.33. The summed E-state index contributed by atoms with van der Waals surface area (Å²) in [6.45, 7) is 3.39. The van der Waals surface area contributed by atoms with Crippen LogP contribution in [0, 0.1) is 0 Å². The highest BCUT2D eigenvalue weighted by Gasteiger charge is 2.15. The van der Waals surface area contributed by atoms with E-state index in [0.29, 0.717) is 30.2 Å². The van der Waals surface area contributed by atoms with Crippen molar-refractivity contribution < 1.29 is 19.0 Å². The van der Waals surface area contributed by atoms with Gasteiger partial charge in [0.25, 0.3) is 5.91 Å². The molecule has 0 saturated carbocycles. The largest absolute Gasteiger partial charge is 0.454 e. The van der Waals surface area contributed by atoms with Crippen LogP contribution in [0.4, 0.5) is 0 Å². The van der Waals surface area contributed by atoms with Crippen molar-refractivity contribution in [1.82, 2.24) is 5.32 Å². The van der Waals surface area contributed by atoms with E-state index in [1.165, 1.54) is 0 Å². The van der Waals surface area contributed by atoms with Crippen molar-refractivity contribution in [1.29, 1.82) is 0 Å². The lowest BCUT2D eigenvalue weighted by molar-refractivity contribution is 0.0635. The molecule has 1 heterocycles. The predicted molar refractivity (Wildman–Crippen MR) is 90.3 cm³/mol. The Bertz CT molecular complexity index is 687. The minimum atomic E-state index is -0.121. The van der Waals surface area contributed by atoms with Crippen LogP contribution in [0.3, 0.4) is 0 Å². The first-order valence-electron chi connectivity index (χ1n) is 8.08. The van der Waals surface area contributed by atoms with Crippen LogP contribution in [0.1, 0.15) is 35.4 Å². The second-order valence-electron chi connectivity index (χ2n) is 5.60. The van der Waals surface area contributed by atoms with Crippen molar-refractivity contribution in [2.75, 3.05) is 19.9 Å². The summed E-state index contributed by atoms with van der Waals surface area (Å²) in [5, 5.41) is 2.89. The molecule has 0 radical (unpaired) electrons. The van der Waals surface area contributed by atoms with Gasteiger partial charge in [-0.3, -0.25) is 4.79 Å². The van der Waals surface area contributed by atoms with Crippen LogP contribution in [-0.2, 0) is 4.74 Å². The van der Waals surface area contributed by atoms with Crippen LogP contribution < -0.4 is 14.8 Å². The van der Waals surface area contributed by atoms with Crippen LogP contribution >= 0.6 is 0 Å². The molecule has 126 valence electrons. The summed E-state index contributed by atoms with van der Waals surface area (Å²) in [5.41, 5.74) is 1.72. The van der Waals surface area contributed by atoms with Crippen LogP contribution in [0.25, 0.3) is 0 Å². The Morgan fingerprint density at radius 3 is 2.79 bits per heavy atom. The molecule has 0 saturated heterocycles. The van der Waals surface area contributed by atoms with Crippen LogP contribution in [-0.4, -0.2) is 25.9 Å². The third-order valence-corrected chi connectivity index (χ3v) is 3.88. The molecule has 3 rings (SSSR count). The molecule has 5 heteroatoms. The van der Waals surface area contributed by atoms with E-state index in [9.17, 15) is 4.79 Å². The Balaban J connectivity index is 1.38. The number of amides is 1. The smallest absolute Gasteiger partial charge is 0.251 e. The van der Waals surface area contributed by atoms with Crippen molar-refractivity contribution in [3.8, 4) is 11.5 Å². The van der Waals surface area contributed by atoms with Crippen LogP contribution in [0.2, 0.25) is 0 Å².